The van der Waals surface area contributed by atoms with Gasteiger partial charge in [-0.3, -0.25) is 19.2 Å². The average Bonchev–Trinajstić information content (AvgIpc) is 3.61. The predicted molar refractivity (Wildman–Crippen MR) is 142 cm³/mol. The van der Waals surface area contributed by atoms with E-state index in [2.05, 4.69) is 62.6 Å². The van der Waals surface area contributed by atoms with Gasteiger partial charge in [0, 0.05) is 32.3 Å². The maximum absolute atomic E-state index is 12.5. The molecule has 1 aromatic heterocycles. The minimum Gasteiger partial charge on any atom is -0.365 e. The van der Waals surface area contributed by atoms with E-state index in [1.54, 1.807) is 10.9 Å². The molecule has 2 heterocycles. The van der Waals surface area contributed by atoms with Crippen molar-refractivity contribution in [1.82, 2.24) is 14.7 Å². The number of primary amides is 1. The Balaban J connectivity index is 1.28. The topological polar surface area (TPSA) is 121 Å². The number of nitrogens with two attached hydrogens (primary N) is 1. The van der Waals surface area contributed by atoms with Crippen LogP contribution in [0.2, 0.25) is 0 Å². The van der Waals surface area contributed by atoms with Crippen molar-refractivity contribution in [3.8, 4) is 17.2 Å². The SMILES string of the molecule is [C-]#[N+][C@H]1C[C@@H]1C(=O)Nc1nn(C2(CC#N)CCN(Cc3ccc(-c4ccccc4)cc3)CC2)cc1C(N)=O. The van der Waals surface area contributed by atoms with Crippen molar-refractivity contribution in [3.05, 3.63) is 83.3 Å². The number of nitriles is 1. The first kappa shape index (κ1) is 25.2. The molecule has 0 spiro atoms. The highest BCUT2D eigenvalue weighted by Gasteiger charge is 2.50. The molecule has 1 aliphatic carbocycles. The molecule has 0 bridgehead atoms. The molecule has 2 aromatic carbocycles. The smallest absolute Gasteiger partial charge is 0.254 e. The average molecular weight is 508 g/mol. The summed E-state index contributed by atoms with van der Waals surface area (Å²) in [5, 5.41) is 16.9. The van der Waals surface area contributed by atoms with E-state index >= 15 is 0 Å². The van der Waals surface area contributed by atoms with Crippen molar-refractivity contribution < 1.29 is 9.59 Å². The van der Waals surface area contributed by atoms with Crippen molar-refractivity contribution in [2.24, 2.45) is 11.7 Å². The number of nitrogens with zero attached hydrogens (tertiary/aromatic N) is 5. The lowest BCUT2D eigenvalue weighted by Crippen LogP contribution is -2.46. The maximum atomic E-state index is 12.5. The molecule has 3 N–H and O–H groups in total. The molecule has 38 heavy (non-hydrogen) atoms. The van der Waals surface area contributed by atoms with Crippen molar-refractivity contribution >= 4 is 17.6 Å². The summed E-state index contributed by atoms with van der Waals surface area (Å²) in [7, 11) is 0. The zero-order valence-electron chi connectivity index (χ0n) is 21.0. The number of benzene rings is 2. The Morgan fingerprint density at radius 1 is 1.13 bits per heavy atom. The fourth-order valence-corrected chi connectivity index (χ4v) is 5.16. The van der Waals surface area contributed by atoms with Crippen LogP contribution in [0.15, 0.2) is 60.8 Å². The lowest BCUT2D eigenvalue weighted by Gasteiger charge is -2.40. The summed E-state index contributed by atoms with van der Waals surface area (Å²) in [5.41, 5.74) is 8.68. The van der Waals surface area contributed by atoms with Crippen LogP contribution in [0, 0.1) is 23.8 Å². The number of carbonyl (C=O) groups is 2. The zero-order valence-corrected chi connectivity index (χ0v) is 21.0. The Morgan fingerprint density at radius 2 is 1.82 bits per heavy atom. The largest absolute Gasteiger partial charge is 0.365 e. The van der Waals surface area contributed by atoms with E-state index in [1.165, 1.54) is 16.7 Å². The monoisotopic (exact) mass is 507 g/mol. The van der Waals surface area contributed by atoms with Crippen LogP contribution in [-0.2, 0) is 16.9 Å². The molecule has 2 fully saturated rings. The normalized spacial score (nSPS) is 20.2. The fraction of sp³-hybridized carbons (Fsp3) is 0.345. The second kappa shape index (κ2) is 10.5. The first-order chi connectivity index (χ1) is 18.4. The molecule has 9 nitrogen and oxygen atoms in total. The lowest BCUT2D eigenvalue weighted by atomic mass is 9.84. The van der Waals surface area contributed by atoms with Gasteiger partial charge in [-0.15, -0.1) is 0 Å². The van der Waals surface area contributed by atoms with Crippen LogP contribution in [-0.4, -0.2) is 45.6 Å². The lowest BCUT2D eigenvalue weighted by molar-refractivity contribution is -0.117. The first-order valence-corrected chi connectivity index (χ1v) is 12.7. The number of carbonyl (C=O) groups excluding carboxylic acids is 2. The zero-order chi connectivity index (χ0) is 26.7. The number of nitrogens with one attached hydrogen (secondary N) is 1. The Bertz CT molecular complexity index is 1410. The van der Waals surface area contributed by atoms with E-state index in [0.717, 1.165) is 19.6 Å². The quantitative estimate of drug-likeness (QED) is 0.449. The number of likely N-dealkylation sites (tertiary alicyclic amines) is 1. The molecule has 192 valence electrons. The molecule has 9 heteroatoms. The number of anilines is 1. The molecule has 2 aliphatic rings. The highest BCUT2D eigenvalue weighted by atomic mass is 16.2. The Labute approximate surface area is 221 Å². The van der Waals surface area contributed by atoms with E-state index in [0.29, 0.717) is 19.3 Å². The van der Waals surface area contributed by atoms with Gasteiger partial charge in [-0.1, -0.05) is 54.6 Å². The van der Waals surface area contributed by atoms with Crippen LogP contribution >= 0.6 is 0 Å². The van der Waals surface area contributed by atoms with Gasteiger partial charge in [0.25, 0.3) is 5.91 Å². The van der Waals surface area contributed by atoms with E-state index in [-0.39, 0.29) is 29.8 Å². The van der Waals surface area contributed by atoms with Gasteiger partial charge >= 0.3 is 0 Å². The summed E-state index contributed by atoms with van der Waals surface area (Å²) in [6.45, 7) is 9.40. The number of amides is 2. The second-order valence-electron chi connectivity index (χ2n) is 10.1. The van der Waals surface area contributed by atoms with E-state index in [4.69, 9.17) is 12.3 Å². The summed E-state index contributed by atoms with van der Waals surface area (Å²) >= 11 is 0. The summed E-state index contributed by atoms with van der Waals surface area (Å²) in [4.78, 5) is 30.4. The van der Waals surface area contributed by atoms with Crippen LogP contribution in [0.25, 0.3) is 16.0 Å². The minimum atomic E-state index is -0.701. The standard InChI is InChI=1S/C29H29N7O2/c1-32-25-17-23(25)28(38)33-27-24(26(31)37)19-36(34-27)29(11-14-30)12-15-35(16-13-29)18-20-7-9-22(10-8-20)21-5-3-2-4-6-21/h2-10,19,23,25H,11-13,15-18H2,(H2,31,37)(H,33,34,38)/t23-,25-/m0/s1. The third-order valence-corrected chi connectivity index (χ3v) is 7.63. The second-order valence-corrected chi connectivity index (χ2v) is 10.1. The maximum Gasteiger partial charge on any atom is 0.254 e. The fourth-order valence-electron chi connectivity index (χ4n) is 5.16. The van der Waals surface area contributed by atoms with E-state index in [9.17, 15) is 14.9 Å². The van der Waals surface area contributed by atoms with Gasteiger partial charge < -0.3 is 15.9 Å². The summed E-state index contributed by atoms with van der Waals surface area (Å²) in [6, 6.07) is 20.8. The van der Waals surface area contributed by atoms with Crippen LogP contribution in [0.1, 0.15) is 41.6 Å². The van der Waals surface area contributed by atoms with Gasteiger partial charge in [0.2, 0.25) is 11.9 Å². The Kier molecular flexibility index (Phi) is 6.95. The van der Waals surface area contributed by atoms with E-state index in [1.807, 2.05) is 18.2 Å². The van der Waals surface area contributed by atoms with Crippen molar-refractivity contribution in [1.29, 1.82) is 5.26 Å². The Morgan fingerprint density at radius 3 is 2.42 bits per heavy atom. The molecule has 2 amide bonds. The first-order valence-electron chi connectivity index (χ1n) is 12.7. The molecule has 1 saturated heterocycles. The van der Waals surface area contributed by atoms with Gasteiger partial charge in [-0.2, -0.15) is 10.4 Å². The molecule has 3 aromatic rings. The third-order valence-electron chi connectivity index (χ3n) is 7.63. The number of aromatic nitrogens is 2. The number of hydrogen-bond donors (Lipinski definition) is 2. The molecule has 1 saturated carbocycles. The summed E-state index contributed by atoms with van der Waals surface area (Å²) < 4.78 is 1.65. The summed E-state index contributed by atoms with van der Waals surface area (Å²) in [5.74, 6) is -1.33. The number of hydrogen-bond acceptors (Lipinski definition) is 5. The van der Waals surface area contributed by atoms with Crippen LogP contribution in [0.5, 0.6) is 0 Å². The van der Waals surface area contributed by atoms with Gasteiger partial charge in [-0.25, -0.2) is 6.57 Å². The molecular formula is C29H29N7O2. The van der Waals surface area contributed by atoms with Gasteiger partial charge in [0.05, 0.1) is 18.0 Å². The molecule has 5 rings (SSSR count). The molecule has 1 aliphatic heterocycles. The minimum absolute atomic E-state index is 0.0939. The van der Waals surface area contributed by atoms with Crippen LogP contribution in [0.4, 0.5) is 5.82 Å². The Hall–Kier alpha value is -4.47. The molecule has 2 atom stereocenters. The van der Waals surface area contributed by atoms with Crippen molar-refractivity contribution in [2.45, 2.75) is 43.8 Å². The van der Waals surface area contributed by atoms with Gasteiger partial charge in [0.15, 0.2) is 5.82 Å². The van der Waals surface area contributed by atoms with Crippen molar-refractivity contribution in [2.75, 3.05) is 18.4 Å². The van der Waals surface area contributed by atoms with Gasteiger partial charge in [-0.05, 0) is 29.5 Å². The molecule has 0 radical (unpaired) electrons. The number of rotatable bonds is 8. The number of piperidine rings is 1. The highest BCUT2D eigenvalue weighted by molar-refractivity contribution is 6.03. The highest BCUT2D eigenvalue weighted by Crippen LogP contribution is 2.37. The third kappa shape index (κ3) is 5.15. The van der Waals surface area contributed by atoms with Crippen LogP contribution < -0.4 is 11.1 Å². The van der Waals surface area contributed by atoms with Gasteiger partial charge in [0.1, 0.15) is 11.5 Å². The molecular weight excluding hydrogens is 478 g/mol. The molecule has 0 unspecified atom stereocenters. The van der Waals surface area contributed by atoms with E-state index < -0.39 is 17.4 Å². The van der Waals surface area contributed by atoms with Crippen LogP contribution in [0.3, 0.4) is 0 Å². The predicted octanol–water partition coefficient (Wildman–Crippen LogP) is 3.80. The summed E-state index contributed by atoms with van der Waals surface area (Å²) in [6.07, 6.45) is 3.61. The van der Waals surface area contributed by atoms with Crippen molar-refractivity contribution in [3.63, 3.8) is 0 Å².